The van der Waals surface area contributed by atoms with Crippen molar-refractivity contribution in [3.8, 4) is 33.8 Å². The van der Waals surface area contributed by atoms with E-state index < -0.39 is 11.8 Å². The van der Waals surface area contributed by atoms with Gasteiger partial charge in [-0.25, -0.2) is 19.2 Å². The average Bonchev–Trinajstić information content (AvgIpc) is 3.41. The van der Waals surface area contributed by atoms with Crippen molar-refractivity contribution in [3.63, 3.8) is 0 Å². The number of benzene rings is 4. The van der Waals surface area contributed by atoms with Gasteiger partial charge in [0.25, 0.3) is 0 Å². The molecule has 3 N–H and O–H groups in total. The molecule has 2 heterocycles. The third kappa shape index (κ3) is 5.35. The van der Waals surface area contributed by atoms with E-state index in [1.807, 2.05) is 60.1 Å². The lowest BCUT2D eigenvalue weighted by Crippen LogP contribution is -2.20. The summed E-state index contributed by atoms with van der Waals surface area (Å²) < 4.78 is 21.4. The van der Waals surface area contributed by atoms with Crippen molar-refractivity contribution in [3.05, 3.63) is 115 Å². The number of fused-ring (bicyclic) bond motifs is 1. The van der Waals surface area contributed by atoms with Crippen molar-refractivity contribution in [2.24, 2.45) is 0 Å². The number of amides is 2. The van der Waals surface area contributed by atoms with E-state index >= 15 is 0 Å². The summed E-state index contributed by atoms with van der Waals surface area (Å²) in [6.07, 6.45) is 3.61. The molecule has 9 heteroatoms. The summed E-state index contributed by atoms with van der Waals surface area (Å²) in [5.74, 6) is 1.71. The Morgan fingerprint density at radius 1 is 0.833 bits per heavy atom. The van der Waals surface area contributed by atoms with E-state index in [-0.39, 0.29) is 5.69 Å². The molecule has 0 bridgehead atoms. The maximum atomic E-state index is 14.0. The molecule has 0 atom stereocenters. The van der Waals surface area contributed by atoms with Crippen LogP contribution in [0.1, 0.15) is 0 Å². The third-order valence-corrected chi connectivity index (χ3v) is 6.94. The molecule has 42 heavy (non-hydrogen) atoms. The summed E-state index contributed by atoms with van der Waals surface area (Å²) in [4.78, 5) is 21.4. The van der Waals surface area contributed by atoms with E-state index in [1.165, 1.54) is 18.5 Å². The summed E-state index contributed by atoms with van der Waals surface area (Å²) in [5.41, 5.74) is 5.57. The van der Waals surface area contributed by atoms with Crippen molar-refractivity contribution in [2.45, 2.75) is 0 Å². The molecule has 8 nitrogen and oxygen atoms in total. The highest BCUT2D eigenvalue weighted by molar-refractivity contribution is 6.01. The summed E-state index contributed by atoms with van der Waals surface area (Å²) in [5, 5.41) is 9.47. The number of nitrogens with one attached hydrogen (secondary N) is 3. The molecule has 0 radical (unpaired) electrons. The molecule has 0 unspecified atom stereocenters. The summed E-state index contributed by atoms with van der Waals surface area (Å²) in [6, 6.07) is 29.1. The van der Waals surface area contributed by atoms with E-state index in [0.717, 1.165) is 44.7 Å². The van der Waals surface area contributed by atoms with Crippen molar-refractivity contribution < 1.29 is 13.9 Å². The van der Waals surface area contributed by atoms with Gasteiger partial charge in [-0.1, -0.05) is 48.5 Å². The molecule has 0 aliphatic carbocycles. The quantitative estimate of drug-likeness (QED) is 0.188. The number of para-hydroxylation sites is 1. The van der Waals surface area contributed by atoms with Crippen LogP contribution < -0.4 is 20.7 Å². The van der Waals surface area contributed by atoms with Crippen molar-refractivity contribution in [2.75, 3.05) is 30.1 Å². The van der Waals surface area contributed by atoms with Crippen LogP contribution >= 0.6 is 0 Å². The van der Waals surface area contributed by atoms with Gasteiger partial charge < -0.3 is 25.3 Å². The van der Waals surface area contributed by atoms with Crippen molar-refractivity contribution >= 4 is 34.1 Å². The van der Waals surface area contributed by atoms with Gasteiger partial charge in [0.15, 0.2) is 0 Å². The van der Waals surface area contributed by atoms with Crippen LogP contribution in [0.2, 0.25) is 0 Å². The largest absolute Gasteiger partial charge is 0.497 e. The van der Waals surface area contributed by atoms with E-state index in [9.17, 15) is 9.18 Å². The monoisotopic (exact) mass is 558 g/mol. The van der Waals surface area contributed by atoms with Gasteiger partial charge >= 0.3 is 6.03 Å². The predicted molar refractivity (Wildman–Crippen MR) is 165 cm³/mol. The van der Waals surface area contributed by atoms with E-state index in [1.54, 1.807) is 25.3 Å². The highest BCUT2D eigenvalue weighted by Gasteiger charge is 2.15. The van der Waals surface area contributed by atoms with Gasteiger partial charge in [-0.15, -0.1) is 0 Å². The molecule has 208 valence electrons. The maximum Gasteiger partial charge on any atom is 0.323 e. The van der Waals surface area contributed by atoms with E-state index in [2.05, 4.69) is 50.3 Å². The lowest BCUT2D eigenvalue weighted by atomic mass is 10.0. The van der Waals surface area contributed by atoms with Crippen LogP contribution in [0.4, 0.5) is 26.4 Å². The first-order valence-corrected chi connectivity index (χ1v) is 13.2. The molecule has 0 spiro atoms. The van der Waals surface area contributed by atoms with Gasteiger partial charge in [0.2, 0.25) is 0 Å². The van der Waals surface area contributed by atoms with Crippen LogP contribution in [0.3, 0.4) is 0 Å². The number of rotatable bonds is 7. The fraction of sp³-hybridized carbons (Fsp3) is 0.0606. The van der Waals surface area contributed by atoms with Gasteiger partial charge in [0, 0.05) is 35.9 Å². The summed E-state index contributed by atoms with van der Waals surface area (Å²) in [6.45, 7) is 0. The second-order valence-electron chi connectivity index (χ2n) is 9.52. The van der Waals surface area contributed by atoms with Crippen LogP contribution in [-0.2, 0) is 0 Å². The molecule has 0 saturated heterocycles. The number of aromatic nitrogens is 3. The Bertz CT molecular complexity index is 1900. The Balaban J connectivity index is 1.38. The van der Waals surface area contributed by atoms with Crippen molar-refractivity contribution in [1.82, 2.24) is 14.5 Å². The SMILES string of the molecule is CNc1cc(-n2cc(-c3ccc(OC)cc3)c3ccc(-c4cccc(NC(=O)Nc5ccccc5F)c4)cc32)ncn1. The van der Waals surface area contributed by atoms with Gasteiger partial charge in [0.1, 0.15) is 29.5 Å². The normalized spacial score (nSPS) is 10.8. The molecule has 6 rings (SSSR count). The molecule has 4 aromatic carbocycles. The minimum absolute atomic E-state index is 0.108. The zero-order valence-corrected chi connectivity index (χ0v) is 22.9. The Labute approximate surface area is 241 Å². The number of anilines is 3. The molecule has 6 aromatic rings. The first-order valence-electron chi connectivity index (χ1n) is 13.2. The van der Waals surface area contributed by atoms with Crippen LogP contribution in [0.25, 0.3) is 39.0 Å². The number of hydrogen-bond donors (Lipinski definition) is 3. The van der Waals surface area contributed by atoms with Gasteiger partial charge in [-0.2, -0.15) is 0 Å². The van der Waals surface area contributed by atoms with Crippen LogP contribution in [0.5, 0.6) is 5.75 Å². The Hall–Kier alpha value is -5.70. The molecule has 0 aliphatic heterocycles. The highest BCUT2D eigenvalue weighted by Crippen LogP contribution is 2.36. The topological polar surface area (TPSA) is 93.1 Å². The van der Waals surface area contributed by atoms with Crippen LogP contribution in [0, 0.1) is 5.82 Å². The lowest BCUT2D eigenvalue weighted by molar-refractivity contribution is 0.262. The van der Waals surface area contributed by atoms with E-state index in [4.69, 9.17) is 4.74 Å². The Kier molecular flexibility index (Phi) is 7.21. The minimum Gasteiger partial charge on any atom is -0.497 e. The first-order chi connectivity index (χ1) is 20.5. The van der Waals surface area contributed by atoms with Gasteiger partial charge in [-0.3, -0.25) is 0 Å². The van der Waals surface area contributed by atoms with Crippen LogP contribution in [0.15, 0.2) is 110 Å². The molecule has 2 aromatic heterocycles. The Morgan fingerprint density at radius 3 is 2.40 bits per heavy atom. The summed E-state index contributed by atoms with van der Waals surface area (Å²) >= 11 is 0. The first kappa shape index (κ1) is 26.5. The molecular weight excluding hydrogens is 531 g/mol. The second-order valence-corrected chi connectivity index (χ2v) is 9.52. The number of nitrogens with zero attached hydrogens (tertiary/aromatic N) is 3. The Morgan fingerprint density at radius 2 is 1.62 bits per heavy atom. The fourth-order valence-electron chi connectivity index (χ4n) is 4.84. The molecule has 2 amide bonds. The number of halogens is 1. The predicted octanol–water partition coefficient (Wildman–Crippen LogP) is 7.59. The zero-order chi connectivity index (χ0) is 29.1. The van der Waals surface area contributed by atoms with E-state index in [0.29, 0.717) is 11.5 Å². The molecule has 0 saturated carbocycles. The minimum atomic E-state index is -0.533. The zero-order valence-electron chi connectivity index (χ0n) is 22.9. The maximum absolute atomic E-state index is 14.0. The van der Waals surface area contributed by atoms with Crippen molar-refractivity contribution in [1.29, 1.82) is 0 Å². The van der Waals surface area contributed by atoms with Crippen LogP contribution in [-0.4, -0.2) is 34.7 Å². The van der Waals surface area contributed by atoms with Gasteiger partial charge in [0.05, 0.1) is 18.3 Å². The summed E-state index contributed by atoms with van der Waals surface area (Å²) in [7, 11) is 3.47. The highest BCUT2D eigenvalue weighted by atomic mass is 19.1. The standard InChI is InChI=1S/C33H27FN6O2/c1-35-31-18-32(37-20-36-31)40-19-27(21-10-13-25(42-2)14-11-21)26-15-12-23(17-30(26)40)22-6-5-7-24(16-22)38-33(41)39-29-9-4-3-8-28(29)34/h3-20H,1-2H3,(H,35,36,37)(H2,38,39,41). The number of ether oxygens (including phenoxy) is 1. The number of urea groups is 1. The molecular formula is C33H27FN6O2. The number of carbonyl (C=O) groups excluding carboxylic acids is 1. The number of carbonyl (C=O) groups is 1. The van der Waals surface area contributed by atoms with Gasteiger partial charge in [-0.05, 0) is 59.2 Å². The lowest BCUT2D eigenvalue weighted by Gasteiger charge is -2.11. The average molecular weight is 559 g/mol. The molecule has 0 fully saturated rings. The number of hydrogen-bond acceptors (Lipinski definition) is 5. The fourth-order valence-corrected chi connectivity index (χ4v) is 4.84. The second kappa shape index (κ2) is 11.4. The number of methoxy groups -OCH3 is 1. The smallest absolute Gasteiger partial charge is 0.323 e. The third-order valence-electron chi connectivity index (χ3n) is 6.94. The molecule has 0 aliphatic rings.